The van der Waals surface area contributed by atoms with Gasteiger partial charge in [-0.1, -0.05) is 72.6 Å². The SMILES string of the molecule is CCCC(=O)N[C@@H](c1ccc(Cl)cc1Cl)c1ccc2ccccc2c1O. The minimum Gasteiger partial charge on any atom is -0.507 e. The second-order valence-corrected chi connectivity index (χ2v) is 6.98. The summed E-state index contributed by atoms with van der Waals surface area (Å²) in [4.78, 5) is 12.3. The molecule has 0 fully saturated rings. The third kappa shape index (κ3) is 3.79. The number of carbonyl (C=O) groups excluding carboxylic acids is 1. The van der Waals surface area contributed by atoms with Gasteiger partial charge in [-0.2, -0.15) is 0 Å². The van der Waals surface area contributed by atoms with Gasteiger partial charge in [0.1, 0.15) is 5.75 Å². The van der Waals surface area contributed by atoms with Gasteiger partial charge in [0.05, 0.1) is 6.04 Å². The maximum absolute atomic E-state index is 12.3. The Hall–Kier alpha value is -2.23. The average molecular weight is 388 g/mol. The van der Waals surface area contributed by atoms with Gasteiger partial charge in [-0.3, -0.25) is 4.79 Å². The zero-order valence-electron chi connectivity index (χ0n) is 14.3. The quantitative estimate of drug-likeness (QED) is 0.575. The van der Waals surface area contributed by atoms with Crippen LogP contribution in [-0.2, 0) is 4.79 Å². The molecule has 0 aliphatic carbocycles. The molecule has 0 saturated carbocycles. The fourth-order valence-corrected chi connectivity index (χ4v) is 3.54. The van der Waals surface area contributed by atoms with Gasteiger partial charge in [0.25, 0.3) is 0 Å². The van der Waals surface area contributed by atoms with E-state index in [1.54, 1.807) is 18.2 Å². The number of phenolic OH excluding ortho intramolecular Hbond substituents is 1. The highest BCUT2D eigenvalue weighted by Crippen LogP contribution is 2.38. The molecular weight excluding hydrogens is 369 g/mol. The number of fused-ring (bicyclic) bond motifs is 1. The van der Waals surface area contributed by atoms with Crippen molar-refractivity contribution in [1.29, 1.82) is 0 Å². The predicted octanol–water partition coefficient (Wildman–Crippen LogP) is 5.86. The highest BCUT2D eigenvalue weighted by Gasteiger charge is 2.23. The lowest BCUT2D eigenvalue weighted by atomic mass is 9.94. The second-order valence-electron chi connectivity index (χ2n) is 6.14. The number of nitrogens with one attached hydrogen (secondary N) is 1. The van der Waals surface area contributed by atoms with Crippen LogP contribution in [0.3, 0.4) is 0 Å². The molecule has 5 heteroatoms. The van der Waals surface area contributed by atoms with E-state index in [1.807, 2.05) is 43.3 Å². The first-order chi connectivity index (χ1) is 12.5. The van der Waals surface area contributed by atoms with E-state index in [0.717, 1.165) is 17.2 Å². The lowest BCUT2D eigenvalue weighted by Gasteiger charge is -2.22. The molecule has 1 amide bonds. The monoisotopic (exact) mass is 387 g/mol. The van der Waals surface area contributed by atoms with Crippen LogP contribution in [0.5, 0.6) is 5.75 Å². The largest absolute Gasteiger partial charge is 0.507 e. The lowest BCUT2D eigenvalue weighted by Crippen LogP contribution is -2.29. The molecule has 0 aliphatic heterocycles. The van der Waals surface area contributed by atoms with E-state index in [-0.39, 0.29) is 11.7 Å². The highest BCUT2D eigenvalue weighted by molar-refractivity contribution is 6.35. The molecule has 26 heavy (non-hydrogen) atoms. The number of halogens is 2. The third-order valence-corrected chi connectivity index (χ3v) is 4.86. The van der Waals surface area contributed by atoms with Crippen LogP contribution in [0, 0.1) is 0 Å². The third-order valence-electron chi connectivity index (χ3n) is 4.30. The van der Waals surface area contributed by atoms with Crippen molar-refractivity contribution in [2.75, 3.05) is 0 Å². The molecule has 3 aromatic carbocycles. The van der Waals surface area contributed by atoms with Crippen molar-refractivity contribution in [3.8, 4) is 5.75 Å². The van der Waals surface area contributed by atoms with Crippen LogP contribution in [0.4, 0.5) is 0 Å². The molecule has 134 valence electrons. The maximum atomic E-state index is 12.3. The number of amides is 1. The zero-order valence-corrected chi connectivity index (χ0v) is 15.8. The standard InChI is InChI=1S/C21H19Cl2NO2/c1-2-5-19(25)24-20(16-11-9-14(22)12-18(16)23)17-10-8-13-6-3-4-7-15(13)21(17)26/h3-4,6-12,20,26H,2,5H2,1H3,(H,24,25)/t20-/m0/s1. The fourth-order valence-electron chi connectivity index (χ4n) is 3.02. The number of hydrogen-bond donors (Lipinski definition) is 2. The maximum Gasteiger partial charge on any atom is 0.220 e. The number of carbonyl (C=O) groups is 1. The van der Waals surface area contributed by atoms with E-state index >= 15 is 0 Å². The molecule has 0 aliphatic rings. The van der Waals surface area contributed by atoms with Gasteiger partial charge in [0, 0.05) is 27.4 Å². The molecule has 3 aromatic rings. The normalized spacial score (nSPS) is 12.1. The summed E-state index contributed by atoms with van der Waals surface area (Å²) in [6.45, 7) is 1.94. The Morgan fingerprint density at radius 2 is 1.81 bits per heavy atom. The van der Waals surface area contributed by atoms with Crippen LogP contribution >= 0.6 is 23.2 Å². The first-order valence-corrected chi connectivity index (χ1v) is 9.21. The van der Waals surface area contributed by atoms with Gasteiger partial charge >= 0.3 is 0 Å². The predicted molar refractivity (Wildman–Crippen MR) is 107 cm³/mol. The number of hydrogen-bond acceptors (Lipinski definition) is 2. The number of rotatable bonds is 5. The molecule has 0 aromatic heterocycles. The van der Waals surface area contributed by atoms with Crippen molar-refractivity contribution in [3.05, 3.63) is 75.8 Å². The second kappa shape index (κ2) is 7.98. The lowest BCUT2D eigenvalue weighted by molar-refractivity contribution is -0.121. The summed E-state index contributed by atoms with van der Waals surface area (Å²) in [6, 6.07) is 15.9. The minimum absolute atomic E-state index is 0.101. The first-order valence-electron chi connectivity index (χ1n) is 8.46. The van der Waals surface area contributed by atoms with Crippen molar-refractivity contribution in [2.24, 2.45) is 0 Å². The van der Waals surface area contributed by atoms with E-state index in [2.05, 4.69) is 5.32 Å². The molecule has 0 radical (unpaired) electrons. The van der Waals surface area contributed by atoms with E-state index in [4.69, 9.17) is 23.2 Å². The summed E-state index contributed by atoms with van der Waals surface area (Å²) in [7, 11) is 0. The van der Waals surface area contributed by atoms with E-state index < -0.39 is 6.04 Å². The first kappa shape index (κ1) is 18.6. The Balaban J connectivity index is 2.14. The molecule has 0 unspecified atom stereocenters. The fraction of sp³-hybridized carbons (Fsp3) is 0.190. The van der Waals surface area contributed by atoms with Gasteiger partial charge in [0.15, 0.2) is 0 Å². The molecule has 0 saturated heterocycles. The Bertz CT molecular complexity index is 956. The molecule has 3 rings (SSSR count). The van der Waals surface area contributed by atoms with Gasteiger partial charge in [-0.25, -0.2) is 0 Å². The Labute approximate surface area is 162 Å². The zero-order chi connectivity index (χ0) is 18.7. The molecule has 0 bridgehead atoms. The topological polar surface area (TPSA) is 49.3 Å². The summed E-state index contributed by atoms with van der Waals surface area (Å²) < 4.78 is 0. The number of phenols is 1. The average Bonchev–Trinajstić information content (AvgIpc) is 2.61. The van der Waals surface area contributed by atoms with E-state index in [1.165, 1.54) is 0 Å². The molecule has 0 spiro atoms. The molecular formula is C21H19Cl2NO2. The summed E-state index contributed by atoms with van der Waals surface area (Å²) >= 11 is 12.4. The van der Waals surface area contributed by atoms with E-state index in [9.17, 15) is 9.90 Å². The molecule has 3 nitrogen and oxygen atoms in total. The smallest absolute Gasteiger partial charge is 0.220 e. The van der Waals surface area contributed by atoms with Gasteiger partial charge in [-0.15, -0.1) is 0 Å². The van der Waals surface area contributed by atoms with Gasteiger partial charge < -0.3 is 10.4 Å². The Morgan fingerprint density at radius 3 is 2.54 bits per heavy atom. The van der Waals surface area contributed by atoms with Crippen LogP contribution in [-0.4, -0.2) is 11.0 Å². The summed E-state index contributed by atoms with van der Waals surface area (Å²) in [5.41, 5.74) is 1.28. The molecule has 1 atom stereocenters. The van der Waals surface area contributed by atoms with Crippen LogP contribution in [0.15, 0.2) is 54.6 Å². The van der Waals surface area contributed by atoms with Crippen molar-refractivity contribution in [3.63, 3.8) is 0 Å². The van der Waals surface area contributed by atoms with Crippen molar-refractivity contribution >= 4 is 39.9 Å². The van der Waals surface area contributed by atoms with Crippen LogP contribution in [0.1, 0.15) is 36.9 Å². The minimum atomic E-state index is -0.566. The summed E-state index contributed by atoms with van der Waals surface area (Å²) in [5, 5.41) is 16.4. The summed E-state index contributed by atoms with van der Waals surface area (Å²) in [5.74, 6) is 0.0343. The molecule has 0 heterocycles. The Morgan fingerprint density at radius 1 is 1.08 bits per heavy atom. The Kier molecular flexibility index (Phi) is 5.70. The number of benzene rings is 3. The van der Waals surface area contributed by atoms with Crippen LogP contribution in [0.2, 0.25) is 10.0 Å². The van der Waals surface area contributed by atoms with Crippen molar-refractivity contribution in [1.82, 2.24) is 5.32 Å². The number of aromatic hydroxyl groups is 1. The van der Waals surface area contributed by atoms with Crippen molar-refractivity contribution < 1.29 is 9.90 Å². The summed E-state index contributed by atoms with van der Waals surface area (Å²) in [6.07, 6.45) is 1.13. The van der Waals surface area contributed by atoms with Crippen LogP contribution < -0.4 is 5.32 Å². The van der Waals surface area contributed by atoms with Crippen molar-refractivity contribution in [2.45, 2.75) is 25.8 Å². The van der Waals surface area contributed by atoms with Gasteiger partial charge in [-0.05, 0) is 29.5 Å². The van der Waals surface area contributed by atoms with Crippen LogP contribution in [0.25, 0.3) is 10.8 Å². The van der Waals surface area contributed by atoms with E-state index in [0.29, 0.717) is 27.6 Å². The van der Waals surface area contributed by atoms with Gasteiger partial charge in [0.2, 0.25) is 5.91 Å². The highest BCUT2D eigenvalue weighted by atomic mass is 35.5. The molecule has 2 N–H and O–H groups in total.